The van der Waals surface area contributed by atoms with E-state index in [2.05, 4.69) is 20.1 Å². The van der Waals surface area contributed by atoms with Gasteiger partial charge in [0.05, 0.1) is 6.26 Å². The Kier molecular flexibility index (Phi) is 5.90. The summed E-state index contributed by atoms with van der Waals surface area (Å²) in [6, 6.07) is 5.63. The lowest BCUT2D eigenvalue weighted by atomic mass is 10.0. The summed E-state index contributed by atoms with van der Waals surface area (Å²) in [5, 5.41) is 4.87. The van der Waals surface area contributed by atoms with Crippen molar-refractivity contribution in [2.75, 3.05) is 11.9 Å². The van der Waals surface area contributed by atoms with Crippen LogP contribution >= 0.6 is 0 Å². The van der Waals surface area contributed by atoms with E-state index in [0.717, 1.165) is 6.07 Å². The first-order valence-corrected chi connectivity index (χ1v) is 8.85. The van der Waals surface area contributed by atoms with Crippen molar-refractivity contribution >= 4 is 23.5 Å². The van der Waals surface area contributed by atoms with Crippen molar-refractivity contribution < 1.29 is 41.8 Å². The molecule has 160 valence electrons. The fourth-order valence-corrected chi connectivity index (χ4v) is 2.57. The summed E-state index contributed by atoms with van der Waals surface area (Å²) in [5.41, 5.74) is 0.141. The number of halogens is 2. The number of benzene rings is 1. The van der Waals surface area contributed by atoms with E-state index in [-0.39, 0.29) is 28.9 Å². The standard InChI is InChI=1S/C19H18F2N2O7/c1-10(2)16(23-17(25)13-4-3-7-27-13)18(26)28-9-15(24)22-11-5-6-12-14(8-11)30-19(20,21)29-12/h3-8,10,16H,9H2,1-2H3,(H,22,24)(H,23,25)/t16-/m0/s1. The Bertz CT molecular complexity index is 944. The molecule has 1 atom stereocenters. The van der Waals surface area contributed by atoms with Crippen molar-refractivity contribution in [3.05, 3.63) is 42.4 Å². The third-order valence-corrected chi connectivity index (χ3v) is 3.98. The first-order chi connectivity index (χ1) is 14.1. The van der Waals surface area contributed by atoms with Crippen LogP contribution in [0.3, 0.4) is 0 Å². The van der Waals surface area contributed by atoms with Gasteiger partial charge in [-0.15, -0.1) is 8.78 Å². The molecule has 1 aliphatic rings. The molecule has 0 bridgehead atoms. The maximum Gasteiger partial charge on any atom is 0.586 e. The number of anilines is 1. The summed E-state index contributed by atoms with van der Waals surface area (Å²) in [4.78, 5) is 36.4. The summed E-state index contributed by atoms with van der Waals surface area (Å²) in [6.45, 7) is 2.73. The van der Waals surface area contributed by atoms with Gasteiger partial charge in [-0.3, -0.25) is 9.59 Å². The quantitative estimate of drug-likeness (QED) is 0.656. The summed E-state index contributed by atoms with van der Waals surface area (Å²) in [7, 11) is 0. The van der Waals surface area contributed by atoms with Gasteiger partial charge < -0.3 is 29.3 Å². The molecule has 0 saturated heterocycles. The Morgan fingerprint density at radius 2 is 1.87 bits per heavy atom. The molecule has 1 aliphatic heterocycles. The lowest BCUT2D eigenvalue weighted by Gasteiger charge is -2.20. The Morgan fingerprint density at radius 3 is 2.53 bits per heavy atom. The number of amides is 2. The number of furan rings is 1. The average Bonchev–Trinajstić information content (AvgIpc) is 3.29. The second-order valence-electron chi connectivity index (χ2n) is 6.66. The maximum absolute atomic E-state index is 13.0. The van der Waals surface area contributed by atoms with E-state index in [1.807, 2.05) is 0 Å². The number of carbonyl (C=O) groups is 3. The molecule has 3 rings (SSSR count). The zero-order valence-electron chi connectivity index (χ0n) is 15.9. The number of nitrogens with one attached hydrogen (secondary N) is 2. The van der Waals surface area contributed by atoms with E-state index < -0.39 is 36.7 Å². The first-order valence-electron chi connectivity index (χ1n) is 8.85. The van der Waals surface area contributed by atoms with Gasteiger partial charge in [0.25, 0.3) is 11.8 Å². The van der Waals surface area contributed by atoms with Crippen LogP contribution in [0.15, 0.2) is 41.0 Å². The van der Waals surface area contributed by atoms with Crippen LogP contribution in [0.1, 0.15) is 24.4 Å². The highest BCUT2D eigenvalue weighted by Gasteiger charge is 2.43. The summed E-state index contributed by atoms with van der Waals surface area (Å²) in [6.07, 6.45) is -2.45. The molecule has 0 fully saturated rings. The number of esters is 1. The number of hydrogen-bond acceptors (Lipinski definition) is 7. The third-order valence-electron chi connectivity index (χ3n) is 3.98. The largest absolute Gasteiger partial charge is 0.586 e. The minimum Gasteiger partial charge on any atom is -0.459 e. The number of alkyl halides is 2. The maximum atomic E-state index is 13.0. The Hall–Kier alpha value is -3.63. The second-order valence-corrected chi connectivity index (χ2v) is 6.66. The van der Waals surface area contributed by atoms with Crippen molar-refractivity contribution in [2.45, 2.75) is 26.2 Å². The van der Waals surface area contributed by atoms with Gasteiger partial charge in [-0.1, -0.05) is 13.8 Å². The zero-order chi connectivity index (χ0) is 21.9. The Balaban J connectivity index is 1.53. The highest BCUT2D eigenvalue weighted by atomic mass is 19.3. The highest BCUT2D eigenvalue weighted by Crippen LogP contribution is 2.42. The normalized spacial score (nSPS) is 14.8. The van der Waals surface area contributed by atoms with Crippen LogP contribution in [0.5, 0.6) is 11.5 Å². The molecule has 30 heavy (non-hydrogen) atoms. The fourth-order valence-electron chi connectivity index (χ4n) is 2.57. The topological polar surface area (TPSA) is 116 Å². The molecule has 2 heterocycles. The van der Waals surface area contributed by atoms with Gasteiger partial charge in [-0.05, 0) is 30.2 Å². The lowest BCUT2D eigenvalue weighted by Crippen LogP contribution is -2.45. The molecule has 0 aliphatic carbocycles. The minimum atomic E-state index is -3.77. The van der Waals surface area contributed by atoms with Crippen LogP contribution in [0, 0.1) is 5.92 Å². The van der Waals surface area contributed by atoms with Gasteiger partial charge in [0.15, 0.2) is 23.9 Å². The Labute approximate surface area is 169 Å². The number of ether oxygens (including phenoxy) is 3. The molecular formula is C19H18F2N2O7. The SMILES string of the molecule is CC(C)[C@H](NC(=O)c1ccco1)C(=O)OCC(=O)Nc1ccc2c(c1)OC(F)(F)O2. The molecule has 2 aromatic rings. The molecule has 0 radical (unpaired) electrons. The number of fused-ring (bicyclic) bond motifs is 1. The smallest absolute Gasteiger partial charge is 0.459 e. The summed E-state index contributed by atoms with van der Waals surface area (Å²) in [5.74, 6) is -2.84. The van der Waals surface area contributed by atoms with Crippen molar-refractivity contribution in [3.63, 3.8) is 0 Å². The van der Waals surface area contributed by atoms with Gasteiger partial charge in [0.2, 0.25) is 0 Å². The van der Waals surface area contributed by atoms with Crippen LogP contribution in [0.4, 0.5) is 14.5 Å². The molecule has 2 N–H and O–H groups in total. The second kappa shape index (κ2) is 8.39. The summed E-state index contributed by atoms with van der Waals surface area (Å²) < 4.78 is 44.6. The van der Waals surface area contributed by atoms with Gasteiger partial charge in [-0.25, -0.2) is 4.79 Å². The van der Waals surface area contributed by atoms with Crippen LogP contribution < -0.4 is 20.1 Å². The van der Waals surface area contributed by atoms with Crippen molar-refractivity contribution in [1.82, 2.24) is 5.32 Å². The van der Waals surface area contributed by atoms with Crippen LogP contribution in [0.25, 0.3) is 0 Å². The van der Waals surface area contributed by atoms with E-state index in [1.54, 1.807) is 13.8 Å². The molecule has 9 nitrogen and oxygen atoms in total. The molecule has 0 spiro atoms. The summed E-state index contributed by atoms with van der Waals surface area (Å²) >= 11 is 0. The predicted molar refractivity (Wildman–Crippen MR) is 97.0 cm³/mol. The van der Waals surface area contributed by atoms with Crippen LogP contribution in [-0.4, -0.2) is 36.7 Å². The average molecular weight is 424 g/mol. The van der Waals surface area contributed by atoms with Crippen LogP contribution in [0.2, 0.25) is 0 Å². The van der Waals surface area contributed by atoms with E-state index in [0.29, 0.717) is 0 Å². The molecule has 2 amide bonds. The molecule has 1 aromatic heterocycles. The number of rotatable bonds is 7. The molecular weight excluding hydrogens is 406 g/mol. The zero-order valence-corrected chi connectivity index (χ0v) is 15.9. The van der Waals surface area contributed by atoms with Crippen molar-refractivity contribution in [2.24, 2.45) is 5.92 Å². The monoisotopic (exact) mass is 424 g/mol. The number of hydrogen-bond donors (Lipinski definition) is 2. The number of carbonyl (C=O) groups excluding carboxylic acids is 3. The Morgan fingerprint density at radius 1 is 1.13 bits per heavy atom. The third kappa shape index (κ3) is 5.04. The molecule has 0 unspecified atom stereocenters. The van der Waals surface area contributed by atoms with Gasteiger partial charge >= 0.3 is 12.3 Å². The fraction of sp³-hybridized carbons (Fsp3) is 0.316. The van der Waals surface area contributed by atoms with Gasteiger partial charge in [0.1, 0.15) is 6.04 Å². The van der Waals surface area contributed by atoms with Crippen molar-refractivity contribution in [3.8, 4) is 11.5 Å². The predicted octanol–water partition coefficient (Wildman–Crippen LogP) is 2.54. The molecule has 1 aromatic carbocycles. The van der Waals surface area contributed by atoms with E-state index in [1.165, 1.54) is 30.5 Å². The van der Waals surface area contributed by atoms with E-state index in [9.17, 15) is 23.2 Å². The minimum absolute atomic E-state index is 0.0274. The van der Waals surface area contributed by atoms with Gasteiger partial charge in [0, 0.05) is 11.8 Å². The first kappa shape index (κ1) is 21.1. The van der Waals surface area contributed by atoms with E-state index >= 15 is 0 Å². The highest BCUT2D eigenvalue weighted by molar-refractivity contribution is 5.96. The molecule has 11 heteroatoms. The van der Waals surface area contributed by atoms with Crippen LogP contribution in [-0.2, 0) is 14.3 Å². The van der Waals surface area contributed by atoms with Gasteiger partial charge in [-0.2, -0.15) is 0 Å². The van der Waals surface area contributed by atoms with Crippen molar-refractivity contribution in [1.29, 1.82) is 0 Å². The molecule has 0 saturated carbocycles. The lowest BCUT2D eigenvalue weighted by molar-refractivity contribution is -0.286. The van der Waals surface area contributed by atoms with E-state index in [4.69, 9.17) is 9.15 Å².